The van der Waals surface area contributed by atoms with Crippen LogP contribution in [0.3, 0.4) is 0 Å². The van der Waals surface area contributed by atoms with Gasteiger partial charge in [-0.05, 0) is 19.1 Å². The van der Waals surface area contributed by atoms with Crippen molar-refractivity contribution in [1.82, 2.24) is 10.3 Å². The highest BCUT2D eigenvalue weighted by molar-refractivity contribution is 5.24. The van der Waals surface area contributed by atoms with Gasteiger partial charge in [0.2, 0.25) is 0 Å². The average Bonchev–Trinajstić information content (AvgIpc) is 2.13. The van der Waals surface area contributed by atoms with E-state index in [0.717, 1.165) is 6.07 Å². The number of hydrogen-bond donors (Lipinski definition) is 1. The first-order chi connectivity index (χ1) is 7.97. The molecule has 0 bridgehead atoms. The highest BCUT2D eigenvalue weighted by atomic mass is 19.4. The summed E-state index contributed by atoms with van der Waals surface area (Å²) in [6, 6.07) is 2.78. The van der Waals surface area contributed by atoms with Crippen LogP contribution in [0, 0.1) is 6.92 Å². The first kappa shape index (κ1) is 12.3. The summed E-state index contributed by atoms with van der Waals surface area (Å²) in [7, 11) is 0. The second kappa shape index (κ2) is 4.62. The molecule has 94 valence electrons. The normalized spacial score (nSPS) is 16.9. The van der Waals surface area contributed by atoms with Crippen LogP contribution in [0.15, 0.2) is 12.1 Å². The van der Waals surface area contributed by atoms with Gasteiger partial charge in [0.1, 0.15) is 0 Å². The van der Waals surface area contributed by atoms with E-state index in [-0.39, 0.29) is 5.69 Å². The second-order valence-electron chi connectivity index (χ2n) is 4.05. The molecule has 1 N–H and O–H groups in total. The summed E-state index contributed by atoms with van der Waals surface area (Å²) in [5.41, 5.74) is -0.0442. The lowest BCUT2D eigenvalue weighted by Crippen LogP contribution is -2.45. The lowest BCUT2D eigenvalue weighted by Gasteiger charge is -2.26. The molecule has 0 spiro atoms. The van der Waals surface area contributed by atoms with Gasteiger partial charge in [-0.2, -0.15) is 13.2 Å². The zero-order valence-electron chi connectivity index (χ0n) is 9.34. The van der Waals surface area contributed by atoms with E-state index in [4.69, 9.17) is 4.74 Å². The molecule has 1 aliphatic heterocycles. The Hall–Kier alpha value is -1.14. The van der Waals surface area contributed by atoms with Gasteiger partial charge in [-0.15, -0.1) is 0 Å². The van der Waals surface area contributed by atoms with Crippen LogP contribution in [0.25, 0.3) is 0 Å². The van der Waals surface area contributed by atoms with Gasteiger partial charge in [0, 0.05) is 12.2 Å². The molecule has 1 aromatic heterocycles. The Morgan fingerprint density at radius 1 is 1.41 bits per heavy atom. The molecular formula is C11H13F3N2O. The minimum absolute atomic E-state index is 0.0154. The van der Waals surface area contributed by atoms with Crippen LogP contribution in [0.4, 0.5) is 13.2 Å². The lowest BCUT2D eigenvalue weighted by atomic mass is 10.1. The second-order valence-corrected chi connectivity index (χ2v) is 4.05. The first-order valence-electron chi connectivity index (χ1n) is 5.31. The highest BCUT2D eigenvalue weighted by Crippen LogP contribution is 2.30. The van der Waals surface area contributed by atoms with Gasteiger partial charge in [0.25, 0.3) is 0 Å². The van der Waals surface area contributed by atoms with E-state index in [2.05, 4.69) is 10.3 Å². The third-order valence-electron chi connectivity index (χ3n) is 2.66. The number of aryl methyl sites for hydroxylation is 1. The van der Waals surface area contributed by atoms with E-state index in [1.54, 1.807) is 0 Å². The standard InChI is InChI=1S/C11H13F3N2O/c1-7-10(11(12,13)14)3-2-8(16-7)4-15-9-5-17-6-9/h2-3,9,15H,4-6H2,1H3. The van der Waals surface area contributed by atoms with E-state index in [0.29, 0.717) is 31.5 Å². The molecular weight excluding hydrogens is 233 g/mol. The maximum absolute atomic E-state index is 12.5. The maximum Gasteiger partial charge on any atom is 0.418 e. The number of rotatable bonds is 3. The molecule has 0 aromatic carbocycles. The van der Waals surface area contributed by atoms with Crippen molar-refractivity contribution in [2.45, 2.75) is 25.7 Å². The van der Waals surface area contributed by atoms with E-state index < -0.39 is 11.7 Å². The molecule has 0 amide bonds. The topological polar surface area (TPSA) is 34.2 Å². The van der Waals surface area contributed by atoms with Gasteiger partial charge in [0.15, 0.2) is 0 Å². The molecule has 1 aromatic rings. The van der Waals surface area contributed by atoms with Crippen molar-refractivity contribution in [3.8, 4) is 0 Å². The van der Waals surface area contributed by atoms with Crippen molar-refractivity contribution in [3.63, 3.8) is 0 Å². The van der Waals surface area contributed by atoms with Crippen molar-refractivity contribution in [3.05, 3.63) is 29.1 Å². The molecule has 2 rings (SSSR count). The SMILES string of the molecule is Cc1nc(CNC2COC2)ccc1C(F)(F)F. The number of aromatic nitrogens is 1. The third kappa shape index (κ3) is 2.95. The number of halogens is 3. The average molecular weight is 246 g/mol. The van der Waals surface area contributed by atoms with Crippen LogP contribution in [0.5, 0.6) is 0 Å². The van der Waals surface area contributed by atoms with E-state index in [1.807, 2.05) is 0 Å². The van der Waals surface area contributed by atoms with Gasteiger partial charge in [0.05, 0.1) is 30.5 Å². The maximum atomic E-state index is 12.5. The fourth-order valence-corrected chi connectivity index (χ4v) is 1.61. The molecule has 1 fully saturated rings. The summed E-state index contributed by atoms with van der Waals surface area (Å²) in [6.45, 7) is 3.14. The zero-order chi connectivity index (χ0) is 12.5. The monoisotopic (exact) mass is 246 g/mol. The largest absolute Gasteiger partial charge is 0.418 e. The van der Waals surface area contributed by atoms with Crippen molar-refractivity contribution >= 4 is 0 Å². The number of ether oxygens (including phenoxy) is 1. The van der Waals surface area contributed by atoms with Crippen LogP contribution in [-0.2, 0) is 17.5 Å². The van der Waals surface area contributed by atoms with Crippen LogP contribution < -0.4 is 5.32 Å². The predicted octanol–water partition coefficient (Wildman–Crippen LogP) is 1.90. The summed E-state index contributed by atoms with van der Waals surface area (Å²) >= 11 is 0. The molecule has 6 heteroatoms. The van der Waals surface area contributed by atoms with Crippen molar-refractivity contribution in [2.24, 2.45) is 0 Å². The molecule has 0 radical (unpaired) electrons. The van der Waals surface area contributed by atoms with Crippen molar-refractivity contribution in [2.75, 3.05) is 13.2 Å². The fourth-order valence-electron chi connectivity index (χ4n) is 1.61. The van der Waals surface area contributed by atoms with Crippen LogP contribution >= 0.6 is 0 Å². The third-order valence-corrected chi connectivity index (χ3v) is 2.66. The minimum Gasteiger partial charge on any atom is -0.378 e. The Morgan fingerprint density at radius 3 is 2.59 bits per heavy atom. The molecule has 17 heavy (non-hydrogen) atoms. The molecule has 0 saturated carbocycles. The zero-order valence-corrected chi connectivity index (χ0v) is 9.34. The molecule has 2 heterocycles. The Labute approximate surface area is 97.0 Å². The summed E-state index contributed by atoms with van der Waals surface area (Å²) < 4.78 is 42.4. The smallest absolute Gasteiger partial charge is 0.378 e. The number of nitrogens with one attached hydrogen (secondary N) is 1. The Bertz CT molecular complexity index is 402. The molecule has 0 aliphatic carbocycles. The van der Waals surface area contributed by atoms with Gasteiger partial charge < -0.3 is 10.1 Å². The van der Waals surface area contributed by atoms with Gasteiger partial charge in [-0.1, -0.05) is 0 Å². The number of nitrogens with zero attached hydrogens (tertiary/aromatic N) is 1. The number of pyridine rings is 1. The van der Waals surface area contributed by atoms with Gasteiger partial charge in [-0.25, -0.2) is 0 Å². The summed E-state index contributed by atoms with van der Waals surface area (Å²) in [5, 5.41) is 3.15. The van der Waals surface area contributed by atoms with Crippen molar-refractivity contribution in [1.29, 1.82) is 0 Å². The quantitative estimate of drug-likeness (QED) is 0.884. The van der Waals surface area contributed by atoms with Crippen LogP contribution in [0.2, 0.25) is 0 Å². The van der Waals surface area contributed by atoms with Crippen molar-refractivity contribution < 1.29 is 17.9 Å². The summed E-state index contributed by atoms with van der Waals surface area (Å²) in [4.78, 5) is 3.95. The van der Waals surface area contributed by atoms with Gasteiger partial charge in [-0.3, -0.25) is 4.98 Å². The van der Waals surface area contributed by atoms with Gasteiger partial charge >= 0.3 is 6.18 Å². The molecule has 3 nitrogen and oxygen atoms in total. The molecule has 0 unspecified atom stereocenters. The summed E-state index contributed by atoms with van der Waals surface area (Å²) in [5.74, 6) is 0. The predicted molar refractivity (Wildman–Crippen MR) is 55.4 cm³/mol. The fraction of sp³-hybridized carbons (Fsp3) is 0.545. The van der Waals surface area contributed by atoms with Crippen LogP contribution in [-0.4, -0.2) is 24.2 Å². The van der Waals surface area contributed by atoms with E-state index in [1.165, 1.54) is 13.0 Å². The molecule has 0 atom stereocenters. The Morgan fingerprint density at radius 2 is 2.12 bits per heavy atom. The first-order valence-corrected chi connectivity index (χ1v) is 5.31. The molecule has 1 saturated heterocycles. The highest BCUT2D eigenvalue weighted by Gasteiger charge is 2.32. The Balaban J connectivity index is 2.02. The van der Waals surface area contributed by atoms with E-state index >= 15 is 0 Å². The number of alkyl halides is 3. The molecule has 1 aliphatic rings. The summed E-state index contributed by atoms with van der Waals surface area (Å²) in [6.07, 6.45) is -4.33. The number of hydrogen-bond acceptors (Lipinski definition) is 3. The lowest BCUT2D eigenvalue weighted by molar-refractivity contribution is -0.138. The minimum atomic E-state index is -4.33. The Kier molecular flexibility index (Phi) is 3.35. The van der Waals surface area contributed by atoms with E-state index in [9.17, 15) is 13.2 Å². The van der Waals surface area contributed by atoms with Crippen LogP contribution in [0.1, 0.15) is 17.0 Å².